The molecule has 1 N–H and O–H groups in total. The first-order valence-electron chi connectivity index (χ1n) is 2.99. The van der Waals surface area contributed by atoms with Gasteiger partial charge in [-0.05, 0) is 6.42 Å². The fourth-order valence-corrected chi connectivity index (χ4v) is 0.526. The van der Waals surface area contributed by atoms with Crippen molar-refractivity contribution < 1.29 is 9.90 Å². The maximum atomic E-state index is 9.87. The molecule has 56 valence electrons. The van der Waals surface area contributed by atoms with Crippen molar-refractivity contribution in [3.63, 3.8) is 0 Å². The topological polar surface area (TPSA) is 37.3 Å². The Hall–Kier alpha value is 0.200. The first-order valence-corrected chi connectivity index (χ1v) is 2.99. The van der Waals surface area contributed by atoms with Gasteiger partial charge in [0, 0.05) is 6.42 Å². The van der Waals surface area contributed by atoms with Crippen molar-refractivity contribution in [3.05, 3.63) is 0 Å². The van der Waals surface area contributed by atoms with Crippen molar-refractivity contribution >= 4 is 29.9 Å². The first-order chi connectivity index (χ1) is 3.77. The van der Waals surface area contributed by atoms with Crippen LogP contribution in [-0.2, 0) is 4.79 Å². The Bertz CT molecular complexity index is 73.5. The van der Waals surface area contributed by atoms with E-state index in [9.17, 15) is 4.79 Å². The van der Waals surface area contributed by atoms with Crippen LogP contribution in [0.25, 0.3) is 0 Å². The highest BCUT2D eigenvalue weighted by atomic mass is 127. The predicted octanol–water partition coefficient (Wildman–Crippen LogP) is 2.27. The van der Waals surface area contributed by atoms with Crippen LogP contribution in [-0.4, -0.2) is 11.1 Å². The Morgan fingerprint density at radius 3 is 2.33 bits per heavy atom. The second-order valence-electron chi connectivity index (χ2n) is 1.85. The first kappa shape index (κ1) is 11.9. The zero-order chi connectivity index (χ0) is 6.41. The lowest BCUT2D eigenvalue weighted by Gasteiger charge is -1.89. The number of hydrogen-bond acceptors (Lipinski definition) is 1. The third kappa shape index (κ3) is 11.7. The van der Waals surface area contributed by atoms with Crippen molar-refractivity contribution in [2.75, 3.05) is 0 Å². The summed E-state index contributed by atoms with van der Waals surface area (Å²) in [5.74, 6) is -0.682. The molecule has 0 unspecified atom stereocenters. The van der Waals surface area contributed by atoms with E-state index >= 15 is 0 Å². The van der Waals surface area contributed by atoms with Gasteiger partial charge < -0.3 is 5.11 Å². The lowest BCUT2D eigenvalue weighted by Crippen LogP contribution is -1.92. The quantitative estimate of drug-likeness (QED) is 0.608. The second kappa shape index (κ2) is 8.20. The molecule has 0 rings (SSSR count). The normalized spacial score (nSPS) is 8.11. The minimum Gasteiger partial charge on any atom is -0.481 e. The Morgan fingerprint density at radius 1 is 1.44 bits per heavy atom. The molecule has 0 spiro atoms. The van der Waals surface area contributed by atoms with Crippen molar-refractivity contribution in [2.45, 2.75) is 32.6 Å². The van der Waals surface area contributed by atoms with E-state index in [4.69, 9.17) is 5.11 Å². The zero-order valence-electron chi connectivity index (χ0n) is 5.59. The summed E-state index contributed by atoms with van der Waals surface area (Å²) < 4.78 is 0. The smallest absolute Gasteiger partial charge is 0.303 e. The molecule has 3 heteroatoms. The summed E-state index contributed by atoms with van der Waals surface area (Å²) in [7, 11) is 0. The fraction of sp³-hybridized carbons (Fsp3) is 0.833. The Labute approximate surface area is 72.7 Å². The standard InChI is InChI=1S/C6H12O2.HI/c1-2-3-4-5-6(7)8;/h2-5H2,1H3,(H,7,8);1H. The molecule has 0 bridgehead atoms. The average Bonchev–Trinajstić information content (AvgIpc) is 1.66. The lowest BCUT2D eigenvalue weighted by molar-refractivity contribution is -0.137. The van der Waals surface area contributed by atoms with Crippen LogP contribution >= 0.6 is 24.0 Å². The maximum absolute atomic E-state index is 9.87. The van der Waals surface area contributed by atoms with Crippen molar-refractivity contribution in [1.82, 2.24) is 0 Å². The van der Waals surface area contributed by atoms with Crippen molar-refractivity contribution in [3.8, 4) is 0 Å². The average molecular weight is 244 g/mol. The highest BCUT2D eigenvalue weighted by Gasteiger charge is 1.92. The van der Waals surface area contributed by atoms with Crippen LogP contribution in [0.4, 0.5) is 0 Å². The molecule has 0 aromatic carbocycles. The van der Waals surface area contributed by atoms with Crippen LogP contribution < -0.4 is 0 Å². The van der Waals surface area contributed by atoms with E-state index < -0.39 is 5.97 Å². The number of halogens is 1. The number of aliphatic carboxylic acids is 1. The molecule has 2 nitrogen and oxygen atoms in total. The molecule has 0 saturated heterocycles. The van der Waals surface area contributed by atoms with Gasteiger partial charge in [-0.3, -0.25) is 4.79 Å². The lowest BCUT2D eigenvalue weighted by atomic mass is 10.2. The van der Waals surface area contributed by atoms with Gasteiger partial charge in [0.1, 0.15) is 0 Å². The second-order valence-corrected chi connectivity index (χ2v) is 1.85. The summed E-state index contributed by atoms with van der Waals surface area (Å²) in [5.41, 5.74) is 0. The molecule has 0 atom stereocenters. The minimum absolute atomic E-state index is 0. The van der Waals surface area contributed by atoms with Crippen LogP contribution in [0.3, 0.4) is 0 Å². The van der Waals surface area contributed by atoms with Crippen LogP contribution in [0, 0.1) is 0 Å². The summed E-state index contributed by atoms with van der Waals surface area (Å²) in [6.07, 6.45) is 3.28. The van der Waals surface area contributed by atoms with Gasteiger partial charge >= 0.3 is 5.97 Å². The summed E-state index contributed by atoms with van der Waals surface area (Å²) in [6, 6.07) is 0. The van der Waals surface area contributed by atoms with E-state index in [1.165, 1.54) is 0 Å². The largest absolute Gasteiger partial charge is 0.481 e. The molecule has 0 saturated carbocycles. The van der Waals surface area contributed by atoms with Gasteiger partial charge in [-0.1, -0.05) is 19.8 Å². The third-order valence-electron chi connectivity index (χ3n) is 0.994. The minimum atomic E-state index is -0.682. The number of hydrogen-bond donors (Lipinski definition) is 1. The van der Waals surface area contributed by atoms with Gasteiger partial charge in [-0.2, -0.15) is 0 Å². The Kier molecular flexibility index (Phi) is 10.9. The molecule has 0 radical (unpaired) electrons. The van der Waals surface area contributed by atoms with E-state index in [1.807, 2.05) is 0 Å². The Balaban J connectivity index is 0. The van der Waals surface area contributed by atoms with Crippen LogP contribution in [0.2, 0.25) is 0 Å². The van der Waals surface area contributed by atoms with Gasteiger partial charge in [0.05, 0.1) is 0 Å². The highest BCUT2D eigenvalue weighted by molar-refractivity contribution is 14.0. The number of unbranched alkanes of at least 4 members (excludes halogenated alkanes) is 2. The Morgan fingerprint density at radius 2 is 2.00 bits per heavy atom. The molecule has 0 aliphatic rings. The van der Waals surface area contributed by atoms with Crippen LogP contribution in [0.1, 0.15) is 32.6 Å². The van der Waals surface area contributed by atoms with Gasteiger partial charge in [0.2, 0.25) is 0 Å². The van der Waals surface area contributed by atoms with Crippen molar-refractivity contribution in [1.29, 1.82) is 0 Å². The molecule has 9 heavy (non-hydrogen) atoms. The molecule has 0 heterocycles. The molecule has 0 fully saturated rings. The SMILES string of the molecule is CCCCCC(=O)O.I. The van der Waals surface area contributed by atoms with Gasteiger partial charge in [-0.25, -0.2) is 0 Å². The van der Waals surface area contributed by atoms with Crippen LogP contribution in [0.5, 0.6) is 0 Å². The summed E-state index contributed by atoms with van der Waals surface area (Å²) in [6.45, 7) is 2.06. The van der Waals surface area contributed by atoms with Gasteiger partial charge in [0.15, 0.2) is 0 Å². The molecule has 0 aromatic rings. The van der Waals surface area contributed by atoms with Crippen molar-refractivity contribution in [2.24, 2.45) is 0 Å². The highest BCUT2D eigenvalue weighted by Crippen LogP contribution is 1.97. The summed E-state index contributed by atoms with van der Waals surface area (Å²) in [5, 5.41) is 8.14. The zero-order valence-corrected chi connectivity index (χ0v) is 7.92. The van der Waals surface area contributed by atoms with E-state index in [1.54, 1.807) is 0 Å². The summed E-state index contributed by atoms with van der Waals surface area (Å²) in [4.78, 5) is 9.87. The number of carboxylic acid groups (broad SMARTS) is 1. The molecule has 0 amide bonds. The van der Waals surface area contributed by atoms with E-state index in [2.05, 4.69) is 6.92 Å². The van der Waals surface area contributed by atoms with E-state index in [0.717, 1.165) is 19.3 Å². The number of carbonyl (C=O) groups is 1. The fourth-order valence-electron chi connectivity index (χ4n) is 0.526. The third-order valence-corrected chi connectivity index (χ3v) is 0.994. The molecule has 0 aliphatic heterocycles. The number of rotatable bonds is 4. The maximum Gasteiger partial charge on any atom is 0.303 e. The van der Waals surface area contributed by atoms with Crippen LogP contribution in [0.15, 0.2) is 0 Å². The van der Waals surface area contributed by atoms with E-state index in [-0.39, 0.29) is 24.0 Å². The monoisotopic (exact) mass is 244 g/mol. The molecule has 0 aromatic heterocycles. The number of carboxylic acids is 1. The summed E-state index contributed by atoms with van der Waals surface area (Å²) >= 11 is 0. The molecular formula is C6H13IO2. The predicted molar refractivity (Wildman–Crippen MR) is 47.2 cm³/mol. The molecule has 0 aliphatic carbocycles. The van der Waals surface area contributed by atoms with E-state index in [0.29, 0.717) is 6.42 Å². The van der Waals surface area contributed by atoms with Gasteiger partial charge in [0.25, 0.3) is 0 Å². The molecular weight excluding hydrogens is 231 g/mol. The van der Waals surface area contributed by atoms with Gasteiger partial charge in [-0.15, -0.1) is 24.0 Å².